The van der Waals surface area contributed by atoms with Crippen LogP contribution in [-0.4, -0.2) is 43.7 Å². The summed E-state index contributed by atoms with van der Waals surface area (Å²) in [6.07, 6.45) is 4.87. The molecule has 1 aromatic rings. The zero-order valence-corrected chi connectivity index (χ0v) is 13.3. The quantitative estimate of drug-likeness (QED) is 0.839. The number of hydrogen-bond donors (Lipinski definition) is 0. The summed E-state index contributed by atoms with van der Waals surface area (Å²) in [6.45, 7) is 2.21. The third kappa shape index (κ3) is 3.68. The number of fused-ring (bicyclic) bond motifs is 1. The maximum Gasteiger partial charge on any atom is 0.222 e. The molecule has 1 amide bonds. The van der Waals surface area contributed by atoms with Gasteiger partial charge in [-0.2, -0.15) is 0 Å². The molecule has 0 N–H and O–H groups in total. The Morgan fingerprint density at radius 1 is 1.27 bits per heavy atom. The summed E-state index contributed by atoms with van der Waals surface area (Å²) in [7, 11) is 1.87. The number of rotatable bonds is 5. The number of nitrogens with zero attached hydrogens (tertiary/aromatic N) is 1. The van der Waals surface area contributed by atoms with Crippen molar-refractivity contribution in [2.24, 2.45) is 0 Å². The first-order valence-electron chi connectivity index (χ1n) is 8.29. The van der Waals surface area contributed by atoms with Crippen molar-refractivity contribution in [2.45, 2.75) is 44.3 Å². The molecule has 0 aromatic heterocycles. The first-order valence-corrected chi connectivity index (χ1v) is 8.29. The summed E-state index contributed by atoms with van der Waals surface area (Å²) in [6, 6.07) is 8.38. The maximum atomic E-state index is 12.3. The van der Waals surface area contributed by atoms with Gasteiger partial charge in [-0.1, -0.05) is 24.3 Å². The minimum atomic E-state index is 0.00151. The van der Waals surface area contributed by atoms with E-state index in [1.54, 1.807) is 0 Å². The molecule has 1 aromatic carbocycles. The number of ether oxygens (including phenoxy) is 2. The second-order valence-electron chi connectivity index (χ2n) is 6.26. The summed E-state index contributed by atoms with van der Waals surface area (Å²) in [4.78, 5) is 14.1. The summed E-state index contributed by atoms with van der Waals surface area (Å²) in [5, 5.41) is 0. The van der Waals surface area contributed by atoms with Crippen LogP contribution in [0.3, 0.4) is 0 Å². The molecule has 0 unspecified atom stereocenters. The van der Waals surface area contributed by atoms with Gasteiger partial charge in [0.1, 0.15) is 6.10 Å². The standard InChI is InChI=1S/C18H25NO3/c1-19(18(20)9-8-15-6-4-11-21-15)13-17-16-7-3-2-5-14(16)10-12-22-17/h2-3,5,7,15,17H,4,6,8-13H2,1H3/t15-,17+/m0/s1. The van der Waals surface area contributed by atoms with Crippen LogP contribution in [0.1, 0.15) is 42.9 Å². The SMILES string of the molecule is CN(C[C@H]1OCCc2ccccc21)C(=O)CC[C@@H]1CCCO1. The maximum absolute atomic E-state index is 12.3. The molecule has 1 saturated heterocycles. The van der Waals surface area contributed by atoms with Crippen molar-refractivity contribution in [1.29, 1.82) is 0 Å². The lowest BCUT2D eigenvalue weighted by Crippen LogP contribution is -2.34. The molecule has 0 radical (unpaired) electrons. The van der Waals surface area contributed by atoms with E-state index in [1.165, 1.54) is 11.1 Å². The first kappa shape index (κ1) is 15.5. The van der Waals surface area contributed by atoms with Crippen LogP contribution in [0.25, 0.3) is 0 Å². The van der Waals surface area contributed by atoms with E-state index in [4.69, 9.17) is 9.47 Å². The second kappa shape index (κ2) is 7.25. The van der Waals surface area contributed by atoms with Gasteiger partial charge in [0, 0.05) is 20.1 Å². The summed E-state index contributed by atoms with van der Waals surface area (Å²) >= 11 is 0. The van der Waals surface area contributed by atoms with Crippen LogP contribution in [-0.2, 0) is 20.7 Å². The number of carbonyl (C=O) groups is 1. The Bertz CT molecular complexity index is 511. The Kier molecular flexibility index (Phi) is 5.11. The molecule has 22 heavy (non-hydrogen) atoms. The zero-order valence-electron chi connectivity index (χ0n) is 13.3. The van der Waals surface area contributed by atoms with Gasteiger partial charge < -0.3 is 14.4 Å². The fourth-order valence-electron chi connectivity index (χ4n) is 3.33. The fraction of sp³-hybridized carbons (Fsp3) is 0.611. The predicted octanol–water partition coefficient (Wildman–Crippen LogP) is 2.72. The van der Waals surface area contributed by atoms with Crippen molar-refractivity contribution in [3.05, 3.63) is 35.4 Å². The molecule has 0 saturated carbocycles. The van der Waals surface area contributed by atoms with E-state index in [0.29, 0.717) is 13.0 Å². The lowest BCUT2D eigenvalue weighted by atomic mass is 9.97. The molecule has 0 spiro atoms. The van der Waals surface area contributed by atoms with Crippen molar-refractivity contribution < 1.29 is 14.3 Å². The van der Waals surface area contributed by atoms with Gasteiger partial charge in [-0.25, -0.2) is 0 Å². The molecule has 120 valence electrons. The fourth-order valence-corrected chi connectivity index (χ4v) is 3.33. The molecule has 2 aliphatic heterocycles. The monoisotopic (exact) mass is 303 g/mol. The Hall–Kier alpha value is -1.39. The molecule has 0 bridgehead atoms. The van der Waals surface area contributed by atoms with E-state index in [-0.39, 0.29) is 18.1 Å². The van der Waals surface area contributed by atoms with Crippen LogP contribution in [0.2, 0.25) is 0 Å². The van der Waals surface area contributed by atoms with Gasteiger partial charge in [-0.15, -0.1) is 0 Å². The molecule has 2 aliphatic rings. The Labute approximate surface area is 132 Å². The largest absolute Gasteiger partial charge is 0.378 e. The summed E-state index contributed by atoms with van der Waals surface area (Å²) < 4.78 is 11.5. The van der Waals surface area contributed by atoms with Crippen molar-refractivity contribution in [3.63, 3.8) is 0 Å². The van der Waals surface area contributed by atoms with E-state index in [1.807, 2.05) is 18.0 Å². The molecule has 4 heteroatoms. The Morgan fingerprint density at radius 3 is 2.95 bits per heavy atom. The summed E-state index contributed by atoms with van der Waals surface area (Å²) in [5.74, 6) is 0.183. The van der Waals surface area contributed by atoms with E-state index >= 15 is 0 Å². The van der Waals surface area contributed by atoms with Gasteiger partial charge >= 0.3 is 0 Å². The molecule has 1 fully saturated rings. The second-order valence-corrected chi connectivity index (χ2v) is 6.26. The molecule has 2 atom stereocenters. The average Bonchev–Trinajstić information content (AvgIpc) is 3.06. The highest BCUT2D eigenvalue weighted by atomic mass is 16.5. The Morgan fingerprint density at radius 2 is 2.14 bits per heavy atom. The number of likely N-dealkylation sites (N-methyl/N-ethyl adjacent to an activating group) is 1. The topological polar surface area (TPSA) is 38.8 Å². The van der Waals surface area contributed by atoms with E-state index in [9.17, 15) is 4.79 Å². The van der Waals surface area contributed by atoms with Crippen molar-refractivity contribution in [1.82, 2.24) is 4.90 Å². The molecular weight excluding hydrogens is 278 g/mol. The van der Waals surface area contributed by atoms with Crippen LogP contribution in [0, 0.1) is 0 Å². The van der Waals surface area contributed by atoms with Gasteiger partial charge in [0.05, 0.1) is 19.3 Å². The molecule has 3 rings (SSSR count). The van der Waals surface area contributed by atoms with E-state index in [2.05, 4.69) is 18.2 Å². The van der Waals surface area contributed by atoms with Crippen molar-refractivity contribution in [2.75, 3.05) is 26.8 Å². The normalized spacial score (nSPS) is 24.0. The molecule has 0 aliphatic carbocycles. The predicted molar refractivity (Wildman–Crippen MR) is 84.7 cm³/mol. The van der Waals surface area contributed by atoms with Crippen molar-refractivity contribution in [3.8, 4) is 0 Å². The van der Waals surface area contributed by atoms with Gasteiger partial charge in [-0.05, 0) is 36.8 Å². The first-order chi connectivity index (χ1) is 10.7. The van der Waals surface area contributed by atoms with Crippen LogP contribution >= 0.6 is 0 Å². The zero-order chi connectivity index (χ0) is 15.4. The van der Waals surface area contributed by atoms with Crippen LogP contribution < -0.4 is 0 Å². The number of hydrogen-bond acceptors (Lipinski definition) is 3. The molecule has 4 nitrogen and oxygen atoms in total. The lowest BCUT2D eigenvalue weighted by Gasteiger charge is -2.30. The highest BCUT2D eigenvalue weighted by Gasteiger charge is 2.24. The van der Waals surface area contributed by atoms with Crippen LogP contribution in [0.4, 0.5) is 0 Å². The van der Waals surface area contributed by atoms with Crippen LogP contribution in [0.15, 0.2) is 24.3 Å². The van der Waals surface area contributed by atoms with Gasteiger partial charge in [0.2, 0.25) is 5.91 Å². The third-order valence-electron chi connectivity index (χ3n) is 4.66. The lowest BCUT2D eigenvalue weighted by molar-refractivity contribution is -0.132. The van der Waals surface area contributed by atoms with E-state index < -0.39 is 0 Å². The minimum Gasteiger partial charge on any atom is -0.378 e. The van der Waals surface area contributed by atoms with Crippen molar-refractivity contribution >= 4 is 5.91 Å². The van der Waals surface area contributed by atoms with E-state index in [0.717, 1.165) is 38.9 Å². The minimum absolute atomic E-state index is 0.00151. The Balaban J connectivity index is 1.53. The van der Waals surface area contributed by atoms with Gasteiger partial charge in [0.25, 0.3) is 0 Å². The van der Waals surface area contributed by atoms with Crippen LogP contribution in [0.5, 0.6) is 0 Å². The average molecular weight is 303 g/mol. The summed E-state index contributed by atoms with van der Waals surface area (Å²) in [5.41, 5.74) is 2.58. The third-order valence-corrected chi connectivity index (χ3v) is 4.66. The van der Waals surface area contributed by atoms with Gasteiger partial charge in [0.15, 0.2) is 0 Å². The number of amides is 1. The highest BCUT2D eigenvalue weighted by molar-refractivity contribution is 5.75. The smallest absolute Gasteiger partial charge is 0.222 e. The van der Waals surface area contributed by atoms with Gasteiger partial charge in [-0.3, -0.25) is 4.79 Å². The number of carbonyl (C=O) groups excluding carboxylic acids is 1. The molecule has 2 heterocycles. The molecular formula is C18H25NO3. The number of benzene rings is 1. The highest BCUT2D eigenvalue weighted by Crippen LogP contribution is 2.27.